The van der Waals surface area contributed by atoms with Crippen LogP contribution in [0.5, 0.6) is 0 Å². The molecule has 2 aromatic carbocycles. The first-order valence-electron chi connectivity index (χ1n) is 9.77. The Hall–Kier alpha value is -2.89. The maximum atomic E-state index is 12.5. The zero-order chi connectivity index (χ0) is 21.0. The van der Waals surface area contributed by atoms with Gasteiger partial charge in [0, 0.05) is 40.8 Å². The molecule has 0 fully saturated rings. The van der Waals surface area contributed by atoms with Crippen molar-refractivity contribution in [1.29, 1.82) is 0 Å². The predicted molar refractivity (Wildman–Crippen MR) is 116 cm³/mol. The van der Waals surface area contributed by atoms with Crippen molar-refractivity contribution in [3.63, 3.8) is 0 Å². The van der Waals surface area contributed by atoms with Crippen LogP contribution in [-0.2, 0) is 16.0 Å². The van der Waals surface area contributed by atoms with Crippen molar-refractivity contribution in [2.24, 2.45) is 5.92 Å². The van der Waals surface area contributed by atoms with Crippen molar-refractivity contribution in [2.75, 3.05) is 0 Å². The summed E-state index contributed by atoms with van der Waals surface area (Å²) in [5.74, 6) is -0.265. The van der Waals surface area contributed by atoms with Crippen LogP contribution in [-0.4, -0.2) is 17.8 Å². The molecule has 0 aliphatic rings. The molecule has 0 aliphatic heterocycles. The number of allylic oxidation sites excluding steroid dienone is 3. The molecule has 0 aliphatic carbocycles. The fraction of sp³-hybridized carbons (Fsp3) is 0.261. The first-order valence-corrected chi connectivity index (χ1v) is 9.77. The van der Waals surface area contributed by atoms with Crippen LogP contribution < -0.4 is 0 Å². The van der Waals surface area contributed by atoms with Gasteiger partial charge in [0.1, 0.15) is 0 Å². The number of carbonyl (C=O) groups excluding carboxylic acids is 1. The third-order valence-corrected chi connectivity index (χ3v) is 4.71. The summed E-state index contributed by atoms with van der Waals surface area (Å²) in [4.78, 5) is 12.2. The van der Waals surface area contributed by atoms with Gasteiger partial charge < -0.3 is 9.22 Å². The third kappa shape index (κ3) is 4.94. The SMILES string of the molecule is CCn1c2ccccc2c2cc(/C=C/C(=O)/C=C(/CC(C)C)OB(F)F)ccc21. The summed E-state index contributed by atoms with van der Waals surface area (Å²) in [5.41, 5.74) is 3.19. The Labute approximate surface area is 169 Å². The summed E-state index contributed by atoms with van der Waals surface area (Å²) in [7, 11) is -2.94. The van der Waals surface area contributed by atoms with Crippen LogP contribution in [0.1, 0.15) is 32.8 Å². The number of aryl methyl sites for hydroxylation is 1. The molecule has 1 heterocycles. The molecule has 6 heteroatoms. The van der Waals surface area contributed by atoms with Gasteiger partial charge in [-0.25, -0.2) is 8.63 Å². The molecule has 0 bridgehead atoms. The zero-order valence-electron chi connectivity index (χ0n) is 16.9. The second-order valence-corrected chi connectivity index (χ2v) is 7.36. The van der Waals surface area contributed by atoms with Gasteiger partial charge in [-0.05, 0) is 42.7 Å². The van der Waals surface area contributed by atoms with Crippen molar-refractivity contribution in [3.8, 4) is 0 Å². The van der Waals surface area contributed by atoms with E-state index in [1.165, 1.54) is 11.6 Å². The highest BCUT2D eigenvalue weighted by molar-refractivity contribution is 6.34. The highest BCUT2D eigenvalue weighted by Crippen LogP contribution is 2.30. The number of ketones is 1. The van der Waals surface area contributed by atoms with Gasteiger partial charge in [-0.3, -0.25) is 4.79 Å². The Bertz CT molecular complexity index is 1070. The maximum Gasteiger partial charge on any atom is 0.796 e. The summed E-state index contributed by atoms with van der Waals surface area (Å²) in [6.07, 6.45) is 4.51. The van der Waals surface area contributed by atoms with Gasteiger partial charge in [0.2, 0.25) is 0 Å². The Morgan fingerprint density at radius 3 is 2.55 bits per heavy atom. The number of nitrogens with zero attached hydrogens (tertiary/aromatic N) is 1. The summed E-state index contributed by atoms with van der Waals surface area (Å²) in [6.45, 7) is 6.74. The van der Waals surface area contributed by atoms with E-state index in [2.05, 4.69) is 28.3 Å². The maximum absolute atomic E-state index is 12.5. The van der Waals surface area contributed by atoms with E-state index in [9.17, 15) is 13.4 Å². The van der Waals surface area contributed by atoms with Gasteiger partial charge >= 0.3 is 7.47 Å². The predicted octanol–water partition coefficient (Wildman–Crippen LogP) is 6.27. The Morgan fingerprint density at radius 1 is 1.14 bits per heavy atom. The van der Waals surface area contributed by atoms with Crippen LogP contribution in [0.3, 0.4) is 0 Å². The van der Waals surface area contributed by atoms with Gasteiger partial charge in [-0.2, -0.15) is 0 Å². The van der Waals surface area contributed by atoms with E-state index in [-0.39, 0.29) is 23.9 Å². The molecule has 0 saturated carbocycles. The monoisotopic (exact) mass is 395 g/mol. The molecule has 0 unspecified atom stereocenters. The lowest BCUT2D eigenvalue weighted by atomic mass is 10.1. The van der Waals surface area contributed by atoms with Crippen molar-refractivity contribution in [1.82, 2.24) is 4.57 Å². The first kappa shape index (κ1) is 20.8. The van der Waals surface area contributed by atoms with Gasteiger partial charge in [0.25, 0.3) is 0 Å². The molecule has 0 saturated heterocycles. The quantitative estimate of drug-likeness (QED) is 0.256. The normalized spacial score (nSPS) is 12.4. The van der Waals surface area contributed by atoms with Crippen LogP contribution >= 0.6 is 0 Å². The minimum Gasteiger partial charge on any atom is -0.509 e. The highest BCUT2D eigenvalue weighted by Gasteiger charge is 2.20. The fourth-order valence-electron chi connectivity index (χ4n) is 3.56. The highest BCUT2D eigenvalue weighted by atomic mass is 19.2. The van der Waals surface area contributed by atoms with Crippen LogP contribution in [0.2, 0.25) is 0 Å². The average molecular weight is 395 g/mol. The molecule has 3 aromatic rings. The molecule has 0 atom stereocenters. The lowest BCUT2D eigenvalue weighted by molar-refractivity contribution is -0.110. The Kier molecular flexibility index (Phi) is 6.52. The molecule has 1 aromatic heterocycles. The minimum atomic E-state index is -2.94. The molecule has 0 spiro atoms. The fourth-order valence-corrected chi connectivity index (χ4v) is 3.56. The molecular weight excluding hydrogens is 371 g/mol. The van der Waals surface area contributed by atoms with Gasteiger partial charge in [-0.1, -0.05) is 44.2 Å². The molecule has 0 amide bonds. The molecular formula is C23H24BF2NO2. The second-order valence-electron chi connectivity index (χ2n) is 7.36. The topological polar surface area (TPSA) is 31.2 Å². The molecule has 150 valence electrons. The van der Waals surface area contributed by atoms with E-state index >= 15 is 0 Å². The van der Waals surface area contributed by atoms with Gasteiger partial charge in [-0.15, -0.1) is 0 Å². The molecule has 29 heavy (non-hydrogen) atoms. The van der Waals surface area contributed by atoms with Crippen LogP contribution in [0.15, 0.2) is 60.4 Å². The van der Waals surface area contributed by atoms with E-state index in [1.54, 1.807) is 6.08 Å². The number of fused-ring (bicyclic) bond motifs is 3. The minimum absolute atomic E-state index is 0.00567. The van der Waals surface area contributed by atoms with E-state index < -0.39 is 7.47 Å². The number of hydrogen-bond acceptors (Lipinski definition) is 2. The first-order chi connectivity index (χ1) is 13.9. The number of para-hydroxylation sites is 1. The smallest absolute Gasteiger partial charge is 0.509 e. The number of benzene rings is 2. The molecule has 3 rings (SSSR count). The van der Waals surface area contributed by atoms with Crippen LogP contribution in [0.4, 0.5) is 8.63 Å². The van der Waals surface area contributed by atoms with Crippen molar-refractivity contribution < 1.29 is 18.1 Å². The Morgan fingerprint density at radius 2 is 1.86 bits per heavy atom. The van der Waals surface area contributed by atoms with Crippen molar-refractivity contribution >= 4 is 41.1 Å². The van der Waals surface area contributed by atoms with Crippen LogP contribution in [0.25, 0.3) is 27.9 Å². The third-order valence-electron chi connectivity index (χ3n) is 4.71. The summed E-state index contributed by atoms with van der Waals surface area (Å²) >= 11 is 0. The number of halogens is 2. The summed E-state index contributed by atoms with van der Waals surface area (Å²) in [5, 5.41) is 2.28. The molecule has 0 radical (unpaired) electrons. The molecule has 0 N–H and O–H groups in total. The lowest BCUT2D eigenvalue weighted by Crippen LogP contribution is -2.08. The summed E-state index contributed by atoms with van der Waals surface area (Å²) in [6, 6.07) is 14.3. The largest absolute Gasteiger partial charge is 0.796 e. The number of rotatable bonds is 8. The van der Waals surface area contributed by atoms with E-state index in [0.717, 1.165) is 34.5 Å². The van der Waals surface area contributed by atoms with Crippen molar-refractivity contribution in [3.05, 3.63) is 65.9 Å². The van der Waals surface area contributed by atoms with E-state index in [4.69, 9.17) is 0 Å². The zero-order valence-corrected chi connectivity index (χ0v) is 16.9. The number of hydrogen-bond donors (Lipinski definition) is 0. The average Bonchev–Trinajstić information content (AvgIpc) is 2.98. The standard InChI is InChI=1S/C23H24BF2NO2/c1-4-27-22-8-6-5-7-20(22)21-14-17(10-12-23(21)27)9-11-18(28)15-19(13-16(2)3)29-24(25)26/h5-12,14-16H,4,13H2,1-3H3/b11-9+,19-15-. The van der Waals surface area contributed by atoms with Gasteiger partial charge in [0.15, 0.2) is 5.78 Å². The van der Waals surface area contributed by atoms with Gasteiger partial charge in [0.05, 0.1) is 5.76 Å². The Balaban J connectivity index is 1.89. The summed E-state index contributed by atoms with van der Waals surface area (Å²) < 4.78 is 31.8. The number of carbonyl (C=O) groups is 1. The van der Waals surface area contributed by atoms with E-state index in [1.807, 2.05) is 44.2 Å². The number of aromatic nitrogens is 1. The van der Waals surface area contributed by atoms with Crippen molar-refractivity contribution in [2.45, 2.75) is 33.7 Å². The molecule has 3 nitrogen and oxygen atoms in total. The second kappa shape index (κ2) is 9.08. The van der Waals surface area contributed by atoms with Crippen LogP contribution in [0, 0.1) is 5.92 Å². The lowest BCUT2D eigenvalue weighted by Gasteiger charge is -2.09. The van der Waals surface area contributed by atoms with E-state index in [0.29, 0.717) is 0 Å².